The maximum Gasteiger partial charge on any atom is 0.164 e. The van der Waals surface area contributed by atoms with E-state index in [4.69, 9.17) is 0 Å². The minimum atomic E-state index is -0.0777. The number of carbonyl (C=O) groups is 1. The number of carbonyl (C=O) groups excluding carboxylic acids is 1. The van der Waals surface area contributed by atoms with Crippen LogP contribution in [0.1, 0.15) is 59.8 Å². The van der Waals surface area contributed by atoms with Crippen LogP contribution in [0, 0.1) is 16.7 Å². The van der Waals surface area contributed by atoms with Crippen molar-refractivity contribution < 1.29 is 4.79 Å². The van der Waals surface area contributed by atoms with E-state index in [0.717, 1.165) is 24.3 Å². The zero-order chi connectivity index (χ0) is 12.0. The lowest BCUT2D eigenvalue weighted by Gasteiger charge is -2.41. The highest BCUT2D eigenvalue weighted by Gasteiger charge is 2.59. The summed E-state index contributed by atoms with van der Waals surface area (Å²) in [5, 5.41) is 0. The van der Waals surface area contributed by atoms with Crippen molar-refractivity contribution in [3.8, 4) is 0 Å². The van der Waals surface area contributed by atoms with E-state index in [1.807, 2.05) is 6.92 Å². The first-order valence-electron chi connectivity index (χ1n) is 6.64. The average molecular weight is 220 g/mol. The third kappa shape index (κ3) is 1.48. The van der Waals surface area contributed by atoms with Gasteiger partial charge in [0.05, 0.1) is 0 Å². The summed E-state index contributed by atoms with van der Waals surface area (Å²) in [5.41, 5.74) is 1.18. The molecule has 2 aliphatic rings. The van der Waals surface area contributed by atoms with Gasteiger partial charge < -0.3 is 0 Å². The topological polar surface area (TPSA) is 17.1 Å². The lowest BCUT2D eigenvalue weighted by Crippen LogP contribution is -2.41. The van der Waals surface area contributed by atoms with Crippen LogP contribution >= 0.6 is 0 Å². The number of hydrogen-bond donors (Lipinski definition) is 0. The van der Waals surface area contributed by atoms with E-state index in [1.165, 1.54) is 19.3 Å². The van der Waals surface area contributed by atoms with E-state index >= 15 is 0 Å². The summed E-state index contributed by atoms with van der Waals surface area (Å²) in [5.74, 6) is 1.23. The second-order valence-electron chi connectivity index (χ2n) is 6.33. The summed E-state index contributed by atoms with van der Waals surface area (Å²) in [7, 11) is 0. The Morgan fingerprint density at radius 3 is 2.50 bits per heavy atom. The number of ketones is 1. The molecule has 2 fully saturated rings. The summed E-state index contributed by atoms with van der Waals surface area (Å²) >= 11 is 0. The monoisotopic (exact) mass is 220 g/mol. The highest BCUT2D eigenvalue weighted by atomic mass is 16.1. The van der Waals surface area contributed by atoms with Gasteiger partial charge >= 0.3 is 0 Å². The number of rotatable bonds is 3. The predicted molar refractivity (Wildman–Crippen MR) is 67.2 cm³/mol. The van der Waals surface area contributed by atoms with Gasteiger partial charge in [0.15, 0.2) is 5.78 Å². The Morgan fingerprint density at radius 1 is 1.38 bits per heavy atom. The minimum absolute atomic E-state index is 0.0777. The lowest BCUT2D eigenvalue weighted by molar-refractivity contribution is -0.130. The Morgan fingerprint density at radius 2 is 2.06 bits per heavy atom. The van der Waals surface area contributed by atoms with Gasteiger partial charge in [0.1, 0.15) is 0 Å². The molecular formula is C15H24O. The third-order valence-corrected chi connectivity index (χ3v) is 5.24. The summed E-state index contributed by atoms with van der Waals surface area (Å²) in [4.78, 5) is 12.6. The molecule has 0 N–H and O–H groups in total. The molecule has 0 aromatic carbocycles. The first kappa shape index (κ1) is 11.9. The minimum Gasteiger partial charge on any atom is -0.294 e. The van der Waals surface area contributed by atoms with Crippen molar-refractivity contribution in [1.29, 1.82) is 0 Å². The number of allylic oxidation sites excluding steroid dienone is 2. The maximum absolute atomic E-state index is 12.6. The van der Waals surface area contributed by atoms with E-state index in [0.29, 0.717) is 5.78 Å². The molecular weight excluding hydrogens is 196 g/mol. The highest BCUT2D eigenvalue weighted by Crippen LogP contribution is 2.64. The highest BCUT2D eigenvalue weighted by molar-refractivity contribution is 6.00. The first-order valence-corrected chi connectivity index (χ1v) is 6.64. The van der Waals surface area contributed by atoms with Crippen LogP contribution in [-0.4, -0.2) is 5.78 Å². The van der Waals surface area contributed by atoms with Crippen LogP contribution in [0.2, 0.25) is 0 Å². The van der Waals surface area contributed by atoms with Crippen LogP contribution in [-0.2, 0) is 4.79 Å². The largest absolute Gasteiger partial charge is 0.294 e. The zero-order valence-electron chi connectivity index (χ0n) is 11.1. The van der Waals surface area contributed by atoms with Gasteiger partial charge in [0, 0.05) is 5.41 Å². The van der Waals surface area contributed by atoms with Crippen molar-refractivity contribution in [2.45, 2.75) is 59.8 Å². The van der Waals surface area contributed by atoms with Gasteiger partial charge in [0.25, 0.3) is 0 Å². The summed E-state index contributed by atoms with van der Waals surface area (Å²) in [6, 6.07) is 0. The molecule has 1 nitrogen and oxygen atoms in total. The smallest absolute Gasteiger partial charge is 0.164 e. The summed E-state index contributed by atoms with van der Waals surface area (Å²) in [6.07, 6.45) is 8.04. The van der Waals surface area contributed by atoms with Gasteiger partial charge in [-0.1, -0.05) is 26.8 Å². The van der Waals surface area contributed by atoms with Gasteiger partial charge in [-0.3, -0.25) is 4.79 Å². The molecule has 90 valence electrons. The Labute approximate surface area is 99.3 Å². The van der Waals surface area contributed by atoms with Gasteiger partial charge in [-0.05, 0) is 55.9 Å². The zero-order valence-corrected chi connectivity index (χ0v) is 11.1. The molecule has 2 aliphatic carbocycles. The lowest BCUT2D eigenvalue weighted by atomic mass is 9.61. The molecule has 0 aromatic rings. The van der Waals surface area contributed by atoms with E-state index in [-0.39, 0.29) is 10.8 Å². The van der Waals surface area contributed by atoms with Gasteiger partial charge in [-0.2, -0.15) is 0 Å². The molecule has 1 heteroatoms. The van der Waals surface area contributed by atoms with E-state index < -0.39 is 0 Å². The SMILES string of the molecule is CC/C=C(\C)C(=O)C1(C)CC2CCC1(C)C2. The van der Waals surface area contributed by atoms with Crippen molar-refractivity contribution in [1.82, 2.24) is 0 Å². The Kier molecular flexibility index (Phi) is 2.76. The number of Topliss-reactive ketones (excluding diaryl/α,β-unsaturated/α-hetero) is 1. The first-order chi connectivity index (χ1) is 7.43. The van der Waals surface area contributed by atoms with Crippen molar-refractivity contribution >= 4 is 5.78 Å². The van der Waals surface area contributed by atoms with E-state index in [9.17, 15) is 4.79 Å². The van der Waals surface area contributed by atoms with Crippen LogP contribution in [0.3, 0.4) is 0 Å². The Hall–Kier alpha value is -0.590. The summed E-state index contributed by atoms with van der Waals surface area (Å²) in [6.45, 7) is 8.63. The fourth-order valence-corrected chi connectivity index (χ4v) is 4.06. The standard InChI is InChI=1S/C15H24O/c1-5-6-11(2)13(16)15(4)10-12-7-8-14(15,3)9-12/h6,12H,5,7-10H2,1-4H3/b11-6+. The molecule has 0 radical (unpaired) electrons. The molecule has 16 heavy (non-hydrogen) atoms. The number of hydrogen-bond acceptors (Lipinski definition) is 1. The van der Waals surface area contributed by atoms with Crippen LogP contribution in [0.15, 0.2) is 11.6 Å². The fourth-order valence-electron chi connectivity index (χ4n) is 4.06. The van der Waals surface area contributed by atoms with Crippen molar-refractivity contribution in [2.24, 2.45) is 16.7 Å². The molecule has 0 aliphatic heterocycles. The van der Waals surface area contributed by atoms with Crippen LogP contribution in [0.5, 0.6) is 0 Å². The predicted octanol–water partition coefficient (Wildman–Crippen LogP) is 4.13. The molecule has 0 heterocycles. The van der Waals surface area contributed by atoms with Gasteiger partial charge in [-0.25, -0.2) is 0 Å². The van der Waals surface area contributed by atoms with Gasteiger partial charge in [-0.15, -0.1) is 0 Å². The van der Waals surface area contributed by atoms with Crippen molar-refractivity contribution in [2.75, 3.05) is 0 Å². The number of fused-ring (bicyclic) bond motifs is 2. The molecule has 0 aromatic heterocycles. The van der Waals surface area contributed by atoms with Crippen LogP contribution in [0.4, 0.5) is 0 Å². The van der Waals surface area contributed by atoms with Crippen LogP contribution in [0.25, 0.3) is 0 Å². The Bertz CT molecular complexity index is 341. The molecule has 2 saturated carbocycles. The fraction of sp³-hybridized carbons (Fsp3) is 0.800. The average Bonchev–Trinajstić information content (AvgIpc) is 2.70. The molecule has 3 atom stereocenters. The van der Waals surface area contributed by atoms with E-state index in [2.05, 4.69) is 26.8 Å². The molecule has 2 bridgehead atoms. The molecule has 2 rings (SSSR count). The second kappa shape index (κ2) is 3.72. The van der Waals surface area contributed by atoms with Crippen molar-refractivity contribution in [3.63, 3.8) is 0 Å². The summed E-state index contributed by atoms with van der Waals surface area (Å²) < 4.78 is 0. The molecule has 0 amide bonds. The second-order valence-corrected chi connectivity index (χ2v) is 6.33. The Balaban J connectivity index is 2.27. The quantitative estimate of drug-likeness (QED) is 0.654. The maximum atomic E-state index is 12.6. The molecule has 0 saturated heterocycles. The molecule has 3 unspecified atom stereocenters. The molecule has 0 spiro atoms. The normalized spacial score (nSPS) is 42.8. The third-order valence-electron chi connectivity index (χ3n) is 5.24. The van der Waals surface area contributed by atoms with Gasteiger partial charge in [0.2, 0.25) is 0 Å². The van der Waals surface area contributed by atoms with Crippen molar-refractivity contribution in [3.05, 3.63) is 11.6 Å². The van der Waals surface area contributed by atoms with Crippen LogP contribution < -0.4 is 0 Å². The van der Waals surface area contributed by atoms with E-state index in [1.54, 1.807) is 0 Å².